The fourth-order valence-electron chi connectivity index (χ4n) is 5.12. The third-order valence-electron chi connectivity index (χ3n) is 7.20. The number of carbonyl (C=O) groups excluding carboxylic acids is 2. The lowest BCUT2D eigenvalue weighted by molar-refractivity contribution is -0.167. The van der Waals surface area contributed by atoms with Gasteiger partial charge in [0.05, 0.1) is 17.8 Å². The average molecular weight is 507 g/mol. The number of alkyl halides is 3. The molecule has 2 aliphatic carbocycles. The maximum atomic E-state index is 13.4. The SMILES string of the molecule is O=C(NCCC1CCCCC1)Oc1ccc(N2CCN(C(=O)C3=CC=CCC3C(F)(F)F)CC2)cn1. The molecular weight excluding hydrogens is 473 g/mol. The summed E-state index contributed by atoms with van der Waals surface area (Å²) in [5.41, 5.74) is 0.596. The van der Waals surface area contributed by atoms with Crippen molar-refractivity contribution in [1.29, 1.82) is 0 Å². The van der Waals surface area contributed by atoms with Gasteiger partial charge in [-0.1, -0.05) is 50.3 Å². The van der Waals surface area contributed by atoms with Gasteiger partial charge in [0.15, 0.2) is 0 Å². The molecule has 1 aromatic heterocycles. The minimum absolute atomic E-state index is 0.193. The van der Waals surface area contributed by atoms with Gasteiger partial charge >= 0.3 is 12.3 Å². The molecule has 0 spiro atoms. The molecule has 4 rings (SSSR count). The van der Waals surface area contributed by atoms with Crippen molar-refractivity contribution in [2.24, 2.45) is 11.8 Å². The topological polar surface area (TPSA) is 74.8 Å². The zero-order valence-electron chi connectivity index (χ0n) is 20.3. The van der Waals surface area contributed by atoms with E-state index in [9.17, 15) is 22.8 Å². The standard InChI is InChI=1S/C26H33F3N4O3/c27-26(28,29)22-9-5-4-8-21(22)24(34)33-16-14-32(15-17-33)20-10-11-23(31-18-20)36-25(35)30-13-12-19-6-2-1-3-7-19/h4-5,8,10-11,18-19,22H,1-3,6-7,9,12-17H2,(H,30,35). The van der Waals surface area contributed by atoms with E-state index in [1.165, 1.54) is 55.2 Å². The number of allylic oxidation sites excluding steroid dienone is 3. The van der Waals surface area contributed by atoms with Crippen LogP contribution in [0.2, 0.25) is 0 Å². The lowest BCUT2D eigenvalue weighted by Crippen LogP contribution is -2.50. The van der Waals surface area contributed by atoms with Crippen LogP contribution in [0.25, 0.3) is 0 Å². The molecule has 36 heavy (non-hydrogen) atoms. The van der Waals surface area contributed by atoms with Crippen LogP contribution in [0.15, 0.2) is 42.1 Å². The fourth-order valence-corrected chi connectivity index (χ4v) is 5.12. The number of nitrogens with zero attached hydrogens (tertiary/aromatic N) is 3. The number of nitrogens with one attached hydrogen (secondary N) is 1. The van der Waals surface area contributed by atoms with Gasteiger partial charge in [-0.25, -0.2) is 9.78 Å². The molecule has 2 heterocycles. The first kappa shape index (κ1) is 26.0. The number of carbonyl (C=O) groups is 2. The smallest absolute Gasteiger partial charge is 0.391 e. The van der Waals surface area contributed by atoms with Gasteiger partial charge in [0, 0.05) is 44.4 Å². The highest BCUT2D eigenvalue weighted by Gasteiger charge is 2.45. The second-order valence-corrected chi connectivity index (χ2v) is 9.62. The number of halogens is 3. The lowest BCUT2D eigenvalue weighted by atomic mass is 9.87. The lowest BCUT2D eigenvalue weighted by Gasteiger charge is -2.37. The monoisotopic (exact) mass is 506 g/mol. The second-order valence-electron chi connectivity index (χ2n) is 9.62. The van der Waals surface area contributed by atoms with E-state index in [0.29, 0.717) is 38.6 Å². The molecule has 2 amide bonds. The Hall–Kier alpha value is -3.04. The van der Waals surface area contributed by atoms with Crippen molar-refractivity contribution in [2.45, 2.75) is 51.1 Å². The van der Waals surface area contributed by atoms with Crippen LogP contribution < -0.4 is 15.0 Å². The summed E-state index contributed by atoms with van der Waals surface area (Å²) in [5, 5.41) is 2.78. The summed E-state index contributed by atoms with van der Waals surface area (Å²) in [5.74, 6) is -1.44. The van der Waals surface area contributed by atoms with Crippen molar-refractivity contribution >= 4 is 17.7 Å². The third kappa shape index (κ3) is 6.79. The molecular formula is C26H33F3N4O3. The molecule has 7 nitrogen and oxygen atoms in total. The van der Waals surface area contributed by atoms with Gasteiger partial charge in [-0.3, -0.25) is 4.79 Å². The summed E-state index contributed by atoms with van der Waals surface area (Å²) in [6, 6.07) is 3.39. The van der Waals surface area contributed by atoms with Crippen molar-refractivity contribution in [3.63, 3.8) is 0 Å². The van der Waals surface area contributed by atoms with Gasteiger partial charge in [0.25, 0.3) is 5.91 Å². The Morgan fingerprint density at radius 3 is 2.50 bits per heavy atom. The predicted octanol–water partition coefficient (Wildman–Crippen LogP) is 4.85. The molecule has 1 saturated carbocycles. The summed E-state index contributed by atoms with van der Waals surface area (Å²) in [6.07, 6.45) is 7.90. The molecule has 1 aliphatic heterocycles. The Morgan fingerprint density at radius 1 is 1.08 bits per heavy atom. The number of anilines is 1. The first-order valence-electron chi connectivity index (χ1n) is 12.7. The molecule has 1 aromatic rings. The zero-order chi connectivity index (χ0) is 25.5. The Balaban J connectivity index is 1.23. The Bertz CT molecular complexity index is 964. The first-order valence-corrected chi connectivity index (χ1v) is 12.7. The molecule has 1 atom stereocenters. The molecule has 2 fully saturated rings. The van der Waals surface area contributed by atoms with E-state index < -0.39 is 24.1 Å². The van der Waals surface area contributed by atoms with Gasteiger partial charge in [-0.05, 0) is 24.8 Å². The van der Waals surface area contributed by atoms with Crippen LogP contribution in [0.4, 0.5) is 23.7 Å². The summed E-state index contributed by atoms with van der Waals surface area (Å²) < 4.78 is 45.3. The predicted molar refractivity (Wildman–Crippen MR) is 130 cm³/mol. The van der Waals surface area contributed by atoms with Crippen molar-refractivity contribution in [1.82, 2.24) is 15.2 Å². The number of ether oxygens (including phenoxy) is 1. The van der Waals surface area contributed by atoms with Gasteiger partial charge in [-0.15, -0.1) is 0 Å². The van der Waals surface area contributed by atoms with Crippen LogP contribution in [0.5, 0.6) is 5.88 Å². The summed E-state index contributed by atoms with van der Waals surface area (Å²) in [4.78, 5) is 32.5. The minimum atomic E-state index is -4.45. The van der Waals surface area contributed by atoms with Crippen molar-refractivity contribution in [3.05, 3.63) is 42.1 Å². The van der Waals surface area contributed by atoms with E-state index in [1.54, 1.807) is 18.3 Å². The number of rotatable bonds is 6. The Labute approximate surface area is 209 Å². The number of hydrogen-bond acceptors (Lipinski definition) is 5. The maximum Gasteiger partial charge on any atom is 0.413 e. The first-order chi connectivity index (χ1) is 17.3. The van der Waals surface area contributed by atoms with Crippen LogP contribution in [0, 0.1) is 11.8 Å². The molecule has 0 radical (unpaired) electrons. The number of hydrogen-bond donors (Lipinski definition) is 1. The molecule has 1 saturated heterocycles. The summed E-state index contributed by atoms with van der Waals surface area (Å²) >= 11 is 0. The quantitative estimate of drug-likeness (QED) is 0.597. The van der Waals surface area contributed by atoms with E-state index in [4.69, 9.17) is 4.74 Å². The van der Waals surface area contributed by atoms with Crippen molar-refractivity contribution in [3.8, 4) is 5.88 Å². The molecule has 1 N–H and O–H groups in total. The fraction of sp³-hybridized carbons (Fsp3) is 0.577. The molecule has 10 heteroatoms. The maximum absolute atomic E-state index is 13.4. The second kappa shape index (κ2) is 11.8. The third-order valence-corrected chi connectivity index (χ3v) is 7.20. The van der Waals surface area contributed by atoms with Crippen LogP contribution in [-0.4, -0.2) is 60.8 Å². The molecule has 3 aliphatic rings. The van der Waals surface area contributed by atoms with E-state index in [-0.39, 0.29) is 17.9 Å². The Morgan fingerprint density at radius 2 is 1.83 bits per heavy atom. The molecule has 196 valence electrons. The van der Waals surface area contributed by atoms with Crippen LogP contribution in [0.3, 0.4) is 0 Å². The minimum Gasteiger partial charge on any atom is -0.391 e. The molecule has 0 aromatic carbocycles. The number of piperazine rings is 1. The van der Waals surface area contributed by atoms with Gasteiger partial charge in [-0.2, -0.15) is 13.2 Å². The van der Waals surface area contributed by atoms with E-state index in [0.717, 1.165) is 12.1 Å². The van der Waals surface area contributed by atoms with Gasteiger partial charge in [0.1, 0.15) is 0 Å². The van der Waals surface area contributed by atoms with E-state index >= 15 is 0 Å². The number of pyridine rings is 1. The highest BCUT2D eigenvalue weighted by Crippen LogP contribution is 2.37. The van der Waals surface area contributed by atoms with Crippen molar-refractivity contribution in [2.75, 3.05) is 37.6 Å². The largest absolute Gasteiger partial charge is 0.413 e. The molecule has 1 unspecified atom stereocenters. The van der Waals surface area contributed by atoms with E-state index in [2.05, 4.69) is 10.3 Å². The van der Waals surface area contributed by atoms with Gasteiger partial charge in [0.2, 0.25) is 5.88 Å². The highest BCUT2D eigenvalue weighted by atomic mass is 19.4. The van der Waals surface area contributed by atoms with E-state index in [1.807, 2.05) is 4.90 Å². The highest BCUT2D eigenvalue weighted by molar-refractivity contribution is 5.95. The molecule has 0 bridgehead atoms. The van der Waals surface area contributed by atoms with Crippen LogP contribution in [-0.2, 0) is 4.79 Å². The van der Waals surface area contributed by atoms with Crippen molar-refractivity contribution < 1.29 is 27.5 Å². The average Bonchev–Trinajstić information content (AvgIpc) is 2.89. The Kier molecular flexibility index (Phi) is 8.53. The summed E-state index contributed by atoms with van der Waals surface area (Å²) in [6.45, 7) is 2.14. The summed E-state index contributed by atoms with van der Waals surface area (Å²) in [7, 11) is 0. The van der Waals surface area contributed by atoms with Crippen LogP contribution in [0.1, 0.15) is 44.9 Å². The number of amides is 2. The van der Waals surface area contributed by atoms with Gasteiger partial charge < -0.3 is 19.9 Å². The zero-order valence-corrected chi connectivity index (χ0v) is 20.3. The van der Waals surface area contributed by atoms with Crippen LogP contribution >= 0.6 is 0 Å². The number of aromatic nitrogens is 1. The normalized spacial score (nSPS) is 21.2.